The van der Waals surface area contributed by atoms with E-state index in [0.717, 1.165) is 43.5 Å². The van der Waals surface area contributed by atoms with Crippen LogP contribution in [-0.4, -0.2) is 57.7 Å². The van der Waals surface area contributed by atoms with Crippen LogP contribution in [0.1, 0.15) is 5.56 Å². The van der Waals surface area contributed by atoms with Crippen LogP contribution in [0.25, 0.3) is 0 Å². The van der Waals surface area contributed by atoms with Crippen molar-refractivity contribution in [3.63, 3.8) is 0 Å². The number of hydrogen-bond acceptors (Lipinski definition) is 3. The van der Waals surface area contributed by atoms with Crippen LogP contribution >= 0.6 is 0 Å². The Morgan fingerprint density at radius 2 is 1.89 bits per heavy atom. The minimum absolute atomic E-state index is 0.152. The predicted octanol–water partition coefficient (Wildman–Crippen LogP) is 2.77. The Labute approximate surface area is 160 Å². The molecule has 1 N–H and O–H groups in total. The van der Waals surface area contributed by atoms with Crippen molar-refractivity contribution in [3.05, 3.63) is 59.9 Å². The summed E-state index contributed by atoms with van der Waals surface area (Å²) in [5.74, 6) is 1.60. The van der Waals surface area contributed by atoms with Crippen LogP contribution in [0.2, 0.25) is 0 Å². The smallest absolute Gasteiger partial charge is 0.193 e. The summed E-state index contributed by atoms with van der Waals surface area (Å²) in [4.78, 5) is 8.99. The van der Waals surface area contributed by atoms with Crippen LogP contribution in [0.3, 0.4) is 0 Å². The lowest BCUT2D eigenvalue weighted by molar-refractivity contribution is 0.372. The predicted molar refractivity (Wildman–Crippen MR) is 108 cm³/mol. The van der Waals surface area contributed by atoms with Crippen molar-refractivity contribution in [1.29, 1.82) is 0 Å². The minimum Gasteiger partial charge on any atom is -0.497 e. The molecule has 3 rings (SSSR count). The van der Waals surface area contributed by atoms with Gasteiger partial charge in [0.1, 0.15) is 11.6 Å². The molecule has 0 saturated carbocycles. The Kier molecular flexibility index (Phi) is 6.52. The molecule has 0 bridgehead atoms. The second-order valence-electron chi connectivity index (χ2n) is 6.49. The number of piperazine rings is 1. The first kappa shape index (κ1) is 19.0. The van der Waals surface area contributed by atoms with Crippen molar-refractivity contribution in [2.75, 3.05) is 51.8 Å². The van der Waals surface area contributed by atoms with Gasteiger partial charge in [0, 0.05) is 51.5 Å². The normalized spacial score (nSPS) is 15.0. The van der Waals surface area contributed by atoms with Gasteiger partial charge in [0.2, 0.25) is 0 Å². The van der Waals surface area contributed by atoms with Gasteiger partial charge in [-0.1, -0.05) is 24.3 Å². The van der Waals surface area contributed by atoms with Crippen molar-refractivity contribution in [2.45, 2.75) is 6.42 Å². The maximum Gasteiger partial charge on any atom is 0.193 e. The molecule has 5 nitrogen and oxygen atoms in total. The van der Waals surface area contributed by atoms with E-state index in [9.17, 15) is 4.39 Å². The molecule has 1 aliphatic heterocycles. The SMILES string of the molecule is CN=C(NCCc1ccccc1F)N1CCN(c2cccc(OC)c2)CC1. The van der Waals surface area contributed by atoms with Crippen LogP contribution in [0.4, 0.5) is 10.1 Å². The van der Waals surface area contributed by atoms with Crippen molar-refractivity contribution < 1.29 is 9.13 Å². The topological polar surface area (TPSA) is 40.1 Å². The first-order valence-corrected chi connectivity index (χ1v) is 9.29. The van der Waals surface area contributed by atoms with Crippen LogP contribution in [0, 0.1) is 5.82 Å². The second-order valence-corrected chi connectivity index (χ2v) is 6.49. The molecule has 144 valence electrons. The summed E-state index contributed by atoms with van der Waals surface area (Å²) < 4.78 is 19.0. The molecule has 27 heavy (non-hydrogen) atoms. The molecule has 2 aromatic carbocycles. The molecule has 0 amide bonds. The van der Waals surface area contributed by atoms with E-state index in [0.29, 0.717) is 13.0 Å². The number of nitrogens with zero attached hydrogens (tertiary/aromatic N) is 3. The highest BCUT2D eigenvalue weighted by atomic mass is 19.1. The van der Waals surface area contributed by atoms with Gasteiger partial charge in [-0.2, -0.15) is 0 Å². The molecule has 0 aromatic heterocycles. The number of nitrogens with one attached hydrogen (secondary N) is 1. The largest absolute Gasteiger partial charge is 0.497 e. The molecule has 0 unspecified atom stereocenters. The highest BCUT2D eigenvalue weighted by Gasteiger charge is 2.20. The third-order valence-corrected chi connectivity index (χ3v) is 4.84. The van der Waals surface area contributed by atoms with Gasteiger partial charge in [0.15, 0.2) is 5.96 Å². The zero-order valence-electron chi connectivity index (χ0n) is 16.0. The molecule has 2 aromatic rings. The molecular weight excluding hydrogens is 343 g/mol. The van der Waals surface area contributed by atoms with Gasteiger partial charge in [0.25, 0.3) is 0 Å². The van der Waals surface area contributed by atoms with Gasteiger partial charge in [-0.3, -0.25) is 4.99 Å². The van der Waals surface area contributed by atoms with E-state index >= 15 is 0 Å². The third kappa shape index (κ3) is 4.90. The number of guanidine groups is 1. The fourth-order valence-electron chi connectivity index (χ4n) is 3.33. The van der Waals surface area contributed by atoms with E-state index in [1.807, 2.05) is 24.3 Å². The highest BCUT2D eigenvalue weighted by Crippen LogP contribution is 2.22. The van der Waals surface area contributed by atoms with Crippen molar-refractivity contribution in [1.82, 2.24) is 10.2 Å². The van der Waals surface area contributed by atoms with E-state index in [2.05, 4.69) is 32.2 Å². The van der Waals surface area contributed by atoms with Crippen LogP contribution in [0.15, 0.2) is 53.5 Å². The first-order chi connectivity index (χ1) is 13.2. The Bertz CT molecular complexity index is 772. The summed E-state index contributed by atoms with van der Waals surface area (Å²) in [5.41, 5.74) is 1.90. The molecule has 1 saturated heterocycles. The maximum atomic E-state index is 13.7. The van der Waals surface area contributed by atoms with Crippen molar-refractivity contribution in [3.8, 4) is 5.75 Å². The number of hydrogen-bond donors (Lipinski definition) is 1. The van der Waals surface area contributed by atoms with Gasteiger partial charge in [0.05, 0.1) is 7.11 Å². The van der Waals surface area contributed by atoms with E-state index < -0.39 is 0 Å². The molecule has 0 atom stereocenters. The van der Waals surface area contributed by atoms with Gasteiger partial charge in [-0.05, 0) is 30.2 Å². The molecule has 1 heterocycles. The fourth-order valence-corrected chi connectivity index (χ4v) is 3.33. The molecule has 0 aliphatic carbocycles. The summed E-state index contributed by atoms with van der Waals surface area (Å²) in [5, 5.41) is 3.36. The van der Waals surface area contributed by atoms with Gasteiger partial charge in [-0.15, -0.1) is 0 Å². The number of rotatable bonds is 5. The van der Waals surface area contributed by atoms with Gasteiger partial charge >= 0.3 is 0 Å². The maximum absolute atomic E-state index is 13.7. The van der Waals surface area contributed by atoms with E-state index in [1.165, 1.54) is 11.8 Å². The van der Waals surface area contributed by atoms with Crippen LogP contribution in [0.5, 0.6) is 5.75 Å². The summed E-state index contributed by atoms with van der Waals surface area (Å²) in [6.07, 6.45) is 0.634. The molecule has 1 fully saturated rings. The van der Waals surface area contributed by atoms with Gasteiger partial charge < -0.3 is 19.9 Å². The molecule has 0 radical (unpaired) electrons. The summed E-state index contributed by atoms with van der Waals surface area (Å²) >= 11 is 0. The van der Waals surface area contributed by atoms with E-state index in [1.54, 1.807) is 20.2 Å². The lowest BCUT2D eigenvalue weighted by atomic mass is 10.1. The van der Waals surface area contributed by atoms with Crippen LogP contribution < -0.4 is 15.0 Å². The summed E-state index contributed by atoms with van der Waals surface area (Å²) in [6.45, 7) is 4.26. The Morgan fingerprint density at radius 1 is 1.11 bits per heavy atom. The molecular formula is C21H27FN4O. The zero-order chi connectivity index (χ0) is 19.1. The van der Waals surface area contributed by atoms with E-state index in [4.69, 9.17) is 4.74 Å². The lowest BCUT2D eigenvalue weighted by Gasteiger charge is -2.37. The number of anilines is 1. The fraction of sp³-hybridized carbons (Fsp3) is 0.381. The number of halogens is 1. The molecule has 1 aliphatic rings. The first-order valence-electron chi connectivity index (χ1n) is 9.29. The Morgan fingerprint density at radius 3 is 2.59 bits per heavy atom. The number of aliphatic imine (C=N–C) groups is 1. The minimum atomic E-state index is -0.152. The summed E-state index contributed by atoms with van der Waals surface area (Å²) in [7, 11) is 3.48. The number of ether oxygens (including phenoxy) is 1. The quantitative estimate of drug-likeness (QED) is 0.649. The monoisotopic (exact) mass is 370 g/mol. The van der Waals surface area contributed by atoms with Crippen molar-refractivity contribution >= 4 is 11.6 Å². The molecule has 6 heteroatoms. The van der Waals surface area contributed by atoms with Crippen molar-refractivity contribution in [2.24, 2.45) is 4.99 Å². The highest BCUT2D eigenvalue weighted by molar-refractivity contribution is 5.80. The standard InChI is InChI=1S/C21H27FN4O/c1-23-21(24-11-10-17-6-3-4-9-20(17)22)26-14-12-25(13-15-26)18-7-5-8-19(16-18)27-2/h3-9,16H,10-15H2,1-2H3,(H,23,24). The number of methoxy groups -OCH3 is 1. The lowest BCUT2D eigenvalue weighted by Crippen LogP contribution is -2.52. The third-order valence-electron chi connectivity index (χ3n) is 4.84. The zero-order valence-corrected chi connectivity index (χ0v) is 16.0. The van der Waals surface area contributed by atoms with Gasteiger partial charge in [-0.25, -0.2) is 4.39 Å². The summed E-state index contributed by atoms with van der Waals surface area (Å²) in [6, 6.07) is 15.1. The number of benzene rings is 2. The van der Waals surface area contributed by atoms with E-state index in [-0.39, 0.29) is 5.82 Å². The Hall–Kier alpha value is -2.76. The average molecular weight is 370 g/mol. The Balaban J connectivity index is 1.50. The molecule has 0 spiro atoms. The van der Waals surface area contributed by atoms with Crippen LogP contribution in [-0.2, 0) is 6.42 Å². The second kappa shape index (κ2) is 9.26. The average Bonchev–Trinajstić information content (AvgIpc) is 2.73.